The van der Waals surface area contributed by atoms with Crippen LogP contribution in [0.15, 0.2) is 36.4 Å². The average molecular weight is 416 g/mol. The number of rotatable bonds is 0. The van der Waals surface area contributed by atoms with Gasteiger partial charge in [0.1, 0.15) is 11.5 Å². The molecule has 0 aliphatic carbocycles. The van der Waals surface area contributed by atoms with Gasteiger partial charge in [0.15, 0.2) is 0 Å². The van der Waals surface area contributed by atoms with E-state index in [4.69, 9.17) is 0 Å². The first-order valence-corrected chi connectivity index (χ1v) is 8.42. The Kier molecular flexibility index (Phi) is 10.7. The number of aryl methyl sites for hydroxylation is 2. The summed E-state index contributed by atoms with van der Waals surface area (Å²) in [7, 11) is 0. The van der Waals surface area contributed by atoms with Gasteiger partial charge in [-0.25, -0.2) is 0 Å². The predicted octanol–water partition coefficient (Wildman–Crippen LogP) is 3.00. The minimum absolute atomic E-state index is 0. The van der Waals surface area contributed by atoms with Gasteiger partial charge in [-0.2, -0.15) is 0 Å². The van der Waals surface area contributed by atoms with Crippen LogP contribution in [-0.2, 0) is 28.2 Å². The van der Waals surface area contributed by atoms with Crippen molar-refractivity contribution in [3.05, 3.63) is 58.7 Å². The Morgan fingerprint density at radius 3 is 1.08 bits per heavy atom. The maximum Gasteiger partial charge on any atom is 0.119 e. The first-order chi connectivity index (χ1) is 10.8. The van der Waals surface area contributed by atoms with Crippen molar-refractivity contribution in [3.8, 4) is 11.5 Å². The monoisotopic (exact) mass is 415 g/mol. The molecule has 0 aliphatic rings. The van der Waals surface area contributed by atoms with Crippen molar-refractivity contribution in [1.82, 2.24) is 0 Å². The fourth-order valence-electron chi connectivity index (χ4n) is 2.50. The Morgan fingerprint density at radius 1 is 0.615 bits per heavy atom. The molecule has 26 heavy (non-hydrogen) atoms. The van der Waals surface area contributed by atoms with Gasteiger partial charge in [0, 0.05) is 17.4 Å². The van der Waals surface area contributed by atoms with Crippen molar-refractivity contribution in [2.45, 2.75) is 66.2 Å². The van der Waals surface area contributed by atoms with Gasteiger partial charge in [-0.15, -0.1) is 0 Å². The Labute approximate surface area is 176 Å². The van der Waals surface area contributed by atoms with Crippen LogP contribution in [0.3, 0.4) is 0 Å². The van der Waals surface area contributed by atoms with Gasteiger partial charge in [0.2, 0.25) is 0 Å². The van der Waals surface area contributed by atoms with Gasteiger partial charge in [-0.05, 0) is 47.9 Å². The maximum atomic E-state index is 9.57. The van der Waals surface area contributed by atoms with Crippen LogP contribution < -0.4 is 12.4 Å². The second-order valence-corrected chi connectivity index (χ2v) is 8.54. The van der Waals surface area contributed by atoms with Gasteiger partial charge in [0.05, 0.1) is 0 Å². The number of halogens is 1. The van der Waals surface area contributed by atoms with E-state index in [0.717, 1.165) is 11.1 Å². The second-order valence-electron chi connectivity index (χ2n) is 8.54. The second kappa shape index (κ2) is 10.3. The third-order valence-corrected chi connectivity index (χ3v) is 3.92. The predicted molar refractivity (Wildman–Crippen MR) is 103 cm³/mol. The largest absolute Gasteiger partial charge is 1.00 e. The van der Waals surface area contributed by atoms with Crippen molar-refractivity contribution in [2.75, 3.05) is 0 Å². The minimum atomic E-state index is 0. The van der Waals surface area contributed by atoms with Crippen LogP contribution in [0.4, 0.5) is 0 Å². The molecule has 146 valence electrons. The molecule has 0 unspecified atom stereocenters. The number of benzene rings is 2. The first kappa shape index (κ1) is 27.1. The van der Waals surface area contributed by atoms with Gasteiger partial charge in [-0.1, -0.05) is 76.9 Å². The summed E-state index contributed by atoms with van der Waals surface area (Å²) in [6.07, 6.45) is 0. The smallest absolute Gasteiger partial charge is 0.119 e. The van der Waals surface area contributed by atoms with Crippen LogP contribution in [0.1, 0.15) is 63.8 Å². The fourth-order valence-corrected chi connectivity index (χ4v) is 2.50. The SMILES string of the molecule is Cc1ccc(O)c(C(C)(C)C)c1.Cc1ccc(O)c(C(C)(C)C)c1.[Cl-].[Cr]. The first-order valence-electron chi connectivity index (χ1n) is 8.42. The Bertz CT molecular complexity index is 637. The Morgan fingerprint density at radius 2 is 0.885 bits per heavy atom. The molecular formula is C22H32ClCrO2-. The maximum absolute atomic E-state index is 9.57. The molecule has 2 aromatic carbocycles. The molecule has 0 aromatic heterocycles. The molecule has 0 heterocycles. The minimum Gasteiger partial charge on any atom is -1.00 e. The topological polar surface area (TPSA) is 40.5 Å². The quantitative estimate of drug-likeness (QED) is 0.694. The molecule has 4 heteroatoms. The number of phenols is 2. The molecular weight excluding hydrogens is 384 g/mol. The summed E-state index contributed by atoms with van der Waals surface area (Å²) < 4.78 is 0. The van der Waals surface area contributed by atoms with E-state index in [2.05, 4.69) is 41.5 Å². The van der Waals surface area contributed by atoms with Crippen LogP contribution in [0.25, 0.3) is 0 Å². The van der Waals surface area contributed by atoms with E-state index in [1.807, 2.05) is 38.1 Å². The zero-order chi connectivity index (χ0) is 18.7. The van der Waals surface area contributed by atoms with Crippen LogP contribution in [0, 0.1) is 13.8 Å². The molecule has 0 fully saturated rings. The molecule has 0 amide bonds. The van der Waals surface area contributed by atoms with Crippen LogP contribution in [-0.4, -0.2) is 10.2 Å². The molecule has 2 nitrogen and oxygen atoms in total. The van der Waals surface area contributed by atoms with E-state index in [9.17, 15) is 10.2 Å². The van der Waals surface area contributed by atoms with Gasteiger partial charge >= 0.3 is 0 Å². The fraction of sp³-hybridized carbons (Fsp3) is 0.455. The molecule has 2 aromatic rings. The summed E-state index contributed by atoms with van der Waals surface area (Å²) in [6.45, 7) is 16.7. The summed E-state index contributed by atoms with van der Waals surface area (Å²) >= 11 is 0. The summed E-state index contributed by atoms with van der Waals surface area (Å²) in [5, 5.41) is 19.1. The van der Waals surface area contributed by atoms with E-state index in [0.29, 0.717) is 11.5 Å². The van der Waals surface area contributed by atoms with Crippen LogP contribution in [0.2, 0.25) is 0 Å². The van der Waals surface area contributed by atoms with Crippen molar-refractivity contribution in [1.29, 1.82) is 0 Å². The van der Waals surface area contributed by atoms with Crippen molar-refractivity contribution in [2.24, 2.45) is 0 Å². The van der Waals surface area contributed by atoms with Gasteiger partial charge in [0.25, 0.3) is 0 Å². The average Bonchev–Trinajstić information content (AvgIpc) is 2.42. The number of hydrogen-bond donors (Lipinski definition) is 2. The third-order valence-electron chi connectivity index (χ3n) is 3.92. The van der Waals surface area contributed by atoms with Crippen molar-refractivity contribution < 1.29 is 40.0 Å². The van der Waals surface area contributed by atoms with E-state index in [-0.39, 0.29) is 40.6 Å². The van der Waals surface area contributed by atoms with Gasteiger partial charge < -0.3 is 22.6 Å². The molecule has 0 saturated carbocycles. The van der Waals surface area contributed by atoms with E-state index >= 15 is 0 Å². The molecule has 0 atom stereocenters. The van der Waals surface area contributed by atoms with E-state index < -0.39 is 0 Å². The van der Waals surface area contributed by atoms with Crippen LogP contribution >= 0.6 is 0 Å². The number of aromatic hydroxyl groups is 2. The van der Waals surface area contributed by atoms with E-state index in [1.54, 1.807) is 12.1 Å². The van der Waals surface area contributed by atoms with Crippen molar-refractivity contribution >= 4 is 0 Å². The Balaban J connectivity index is 0. The molecule has 0 aliphatic heterocycles. The normalized spacial score (nSPS) is 10.8. The molecule has 0 radical (unpaired) electrons. The summed E-state index contributed by atoms with van der Waals surface area (Å²) in [4.78, 5) is 0. The van der Waals surface area contributed by atoms with Crippen molar-refractivity contribution in [3.63, 3.8) is 0 Å². The zero-order valence-corrected chi connectivity index (χ0v) is 19.2. The molecule has 0 spiro atoms. The summed E-state index contributed by atoms with van der Waals surface area (Å²) in [5.41, 5.74) is 4.46. The third kappa shape index (κ3) is 8.04. The number of phenolic OH excluding ortho intramolecular Hbond substituents is 2. The molecule has 2 N–H and O–H groups in total. The van der Waals surface area contributed by atoms with E-state index in [1.165, 1.54) is 11.1 Å². The standard InChI is InChI=1S/2C11H16O.ClH.Cr/c2*1-8-5-6-10(12)9(7-8)11(2,3)4;;/h2*5-7,12H,1-4H3;1H;/p-1. The molecule has 0 bridgehead atoms. The molecule has 0 saturated heterocycles. The summed E-state index contributed by atoms with van der Waals surface area (Å²) in [5.74, 6) is 0.793. The zero-order valence-electron chi connectivity index (χ0n) is 17.1. The summed E-state index contributed by atoms with van der Waals surface area (Å²) in [6, 6.07) is 11.4. The Hall–Kier alpha value is -1.14. The van der Waals surface area contributed by atoms with Crippen LogP contribution in [0.5, 0.6) is 11.5 Å². The molecule has 2 rings (SSSR count). The van der Waals surface area contributed by atoms with Gasteiger partial charge in [-0.3, -0.25) is 0 Å². The number of hydrogen-bond acceptors (Lipinski definition) is 2.